The fourth-order valence-corrected chi connectivity index (χ4v) is 3.49. The minimum absolute atomic E-state index is 0.0113. The van der Waals surface area contributed by atoms with Gasteiger partial charge in [-0.15, -0.1) is 0 Å². The van der Waals surface area contributed by atoms with Crippen LogP contribution in [0.3, 0.4) is 0 Å². The first-order valence-corrected chi connectivity index (χ1v) is 7.72. The molecule has 0 amide bonds. The Hall–Kier alpha value is -1.23. The molecule has 2 rings (SSSR count). The number of rotatable bonds is 5. The van der Waals surface area contributed by atoms with Crippen LogP contribution >= 0.6 is 0 Å². The Morgan fingerprint density at radius 3 is 2.86 bits per heavy atom. The molecule has 118 valence electrons. The highest BCUT2D eigenvalue weighted by atomic mass is 19.3. The van der Waals surface area contributed by atoms with Gasteiger partial charge in [0.05, 0.1) is 0 Å². The molecular weight excluding hydrogens is 272 g/mol. The minimum atomic E-state index is -2.51. The molecule has 0 spiro atoms. The fraction of sp³-hybridized carbons (Fsp3) is 0.688. The predicted octanol–water partition coefficient (Wildman–Crippen LogP) is 3.20. The lowest BCUT2D eigenvalue weighted by Gasteiger charge is -2.34. The van der Waals surface area contributed by atoms with Crippen molar-refractivity contribution in [1.29, 1.82) is 0 Å². The van der Waals surface area contributed by atoms with E-state index < -0.39 is 6.43 Å². The van der Waals surface area contributed by atoms with Gasteiger partial charge < -0.3 is 10.2 Å². The van der Waals surface area contributed by atoms with E-state index in [-0.39, 0.29) is 5.57 Å². The molecule has 2 heterocycles. The number of hydrogen-bond donors (Lipinski definition) is 1. The maximum Gasteiger partial charge on any atom is 0.265 e. The molecule has 2 unspecified atom stereocenters. The minimum Gasteiger partial charge on any atom is -0.370 e. The number of hydrogen-bond acceptors (Lipinski definition) is 3. The van der Waals surface area contributed by atoms with E-state index in [1.165, 1.54) is 6.42 Å². The molecular formula is C16H25F2N3. The second kappa shape index (κ2) is 7.16. The summed E-state index contributed by atoms with van der Waals surface area (Å²) < 4.78 is 26.6. The van der Waals surface area contributed by atoms with Crippen LogP contribution in [0.2, 0.25) is 0 Å². The van der Waals surface area contributed by atoms with Crippen molar-refractivity contribution < 1.29 is 8.78 Å². The average molecular weight is 297 g/mol. The van der Waals surface area contributed by atoms with Crippen LogP contribution in [0.4, 0.5) is 8.78 Å². The van der Waals surface area contributed by atoms with Crippen molar-refractivity contribution >= 4 is 6.72 Å². The maximum absolute atomic E-state index is 13.3. The van der Waals surface area contributed by atoms with Crippen molar-refractivity contribution in [3.63, 3.8) is 0 Å². The topological polar surface area (TPSA) is 27.6 Å². The zero-order valence-corrected chi connectivity index (χ0v) is 12.9. The normalized spacial score (nSPS) is 27.7. The second-order valence-corrected chi connectivity index (χ2v) is 5.80. The van der Waals surface area contributed by atoms with E-state index in [2.05, 4.69) is 21.9 Å². The molecule has 2 atom stereocenters. The van der Waals surface area contributed by atoms with Crippen molar-refractivity contribution in [3.8, 4) is 0 Å². The summed E-state index contributed by atoms with van der Waals surface area (Å²) in [4.78, 5) is 6.04. The highest BCUT2D eigenvalue weighted by Crippen LogP contribution is 2.32. The third-order valence-electron chi connectivity index (χ3n) is 4.64. The summed E-state index contributed by atoms with van der Waals surface area (Å²) in [6.45, 7) is 10.1. The first-order chi connectivity index (χ1) is 10.1. The van der Waals surface area contributed by atoms with Crippen LogP contribution in [0.5, 0.6) is 0 Å². The molecule has 0 bridgehead atoms. The molecule has 3 nitrogen and oxygen atoms in total. The van der Waals surface area contributed by atoms with E-state index in [1.807, 2.05) is 13.8 Å². The van der Waals surface area contributed by atoms with E-state index in [1.54, 1.807) is 6.08 Å². The number of likely N-dealkylation sites (tertiary alicyclic amines) is 1. The average Bonchev–Trinajstić information content (AvgIpc) is 2.91. The summed E-state index contributed by atoms with van der Waals surface area (Å²) in [5.41, 5.74) is 1.31. The van der Waals surface area contributed by atoms with E-state index in [0.717, 1.165) is 31.8 Å². The van der Waals surface area contributed by atoms with Gasteiger partial charge in [0.1, 0.15) is 0 Å². The van der Waals surface area contributed by atoms with Crippen molar-refractivity contribution in [3.05, 3.63) is 23.0 Å². The first kappa shape index (κ1) is 16.1. The van der Waals surface area contributed by atoms with Crippen LogP contribution in [0, 0.1) is 5.92 Å². The van der Waals surface area contributed by atoms with Crippen molar-refractivity contribution in [2.45, 2.75) is 45.6 Å². The van der Waals surface area contributed by atoms with Gasteiger partial charge in [0.2, 0.25) is 0 Å². The summed E-state index contributed by atoms with van der Waals surface area (Å²) in [7, 11) is 0. The van der Waals surface area contributed by atoms with Gasteiger partial charge in [-0.2, -0.15) is 0 Å². The number of halogens is 2. The Kier molecular flexibility index (Phi) is 5.51. The standard InChI is InChI=1S/C16H25F2N3/c1-4-14(19-3)13(16(17)18)9-11(2)21-8-6-12-5-7-20-10-15(12)21/h9,12,15-16,20H,3-8,10H2,1-2H3/b11-9+,14-13+. The zero-order chi connectivity index (χ0) is 15.4. The highest BCUT2D eigenvalue weighted by Gasteiger charge is 2.35. The number of fused-ring (bicyclic) bond motifs is 1. The van der Waals surface area contributed by atoms with Crippen molar-refractivity contribution in [2.75, 3.05) is 19.6 Å². The van der Waals surface area contributed by atoms with Gasteiger partial charge in [-0.3, -0.25) is 4.99 Å². The summed E-state index contributed by atoms with van der Waals surface area (Å²) in [5.74, 6) is 0.691. The van der Waals surface area contributed by atoms with Gasteiger partial charge >= 0.3 is 0 Å². The quantitative estimate of drug-likeness (QED) is 0.623. The Morgan fingerprint density at radius 2 is 2.24 bits per heavy atom. The van der Waals surface area contributed by atoms with Crippen LogP contribution in [-0.4, -0.2) is 43.7 Å². The number of piperidine rings is 1. The number of alkyl halides is 2. The van der Waals surface area contributed by atoms with Crippen LogP contribution in [-0.2, 0) is 0 Å². The molecule has 2 aliphatic heterocycles. The van der Waals surface area contributed by atoms with Gasteiger partial charge in [-0.1, -0.05) is 6.92 Å². The lowest BCUT2D eigenvalue weighted by atomic mass is 9.93. The lowest BCUT2D eigenvalue weighted by Crippen LogP contribution is -2.45. The number of nitrogens with one attached hydrogen (secondary N) is 1. The number of allylic oxidation sites excluding steroid dienone is 4. The van der Waals surface area contributed by atoms with Crippen LogP contribution in [0.15, 0.2) is 28.0 Å². The summed E-state index contributed by atoms with van der Waals surface area (Å²) in [6, 6.07) is 0.440. The van der Waals surface area contributed by atoms with Gasteiger partial charge in [0.25, 0.3) is 6.43 Å². The molecule has 0 aromatic rings. The van der Waals surface area contributed by atoms with Crippen LogP contribution < -0.4 is 5.32 Å². The van der Waals surface area contributed by atoms with Gasteiger partial charge in [-0.05, 0) is 51.4 Å². The predicted molar refractivity (Wildman–Crippen MR) is 82.7 cm³/mol. The van der Waals surface area contributed by atoms with E-state index >= 15 is 0 Å². The monoisotopic (exact) mass is 297 g/mol. The van der Waals surface area contributed by atoms with Crippen LogP contribution in [0.1, 0.15) is 33.1 Å². The first-order valence-electron chi connectivity index (χ1n) is 7.72. The zero-order valence-electron chi connectivity index (χ0n) is 12.9. The molecule has 21 heavy (non-hydrogen) atoms. The summed E-state index contributed by atoms with van der Waals surface area (Å²) in [6.07, 6.45) is 1.91. The summed E-state index contributed by atoms with van der Waals surface area (Å²) in [5, 5.41) is 3.40. The molecule has 0 aromatic carbocycles. The lowest BCUT2D eigenvalue weighted by molar-refractivity contribution is 0.191. The molecule has 5 heteroatoms. The Bertz CT molecular complexity index is 443. The Morgan fingerprint density at radius 1 is 1.48 bits per heavy atom. The third kappa shape index (κ3) is 3.51. The largest absolute Gasteiger partial charge is 0.370 e. The SMILES string of the molecule is C=N/C(CC)=C(\C=C(/C)N1CCC2CCNCC21)C(F)F. The molecule has 0 aliphatic carbocycles. The Labute approximate surface area is 125 Å². The molecule has 2 aliphatic rings. The molecule has 2 saturated heterocycles. The van der Waals surface area contributed by atoms with Crippen molar-refractivity contribution in [1.82, 2.24) is 10.2 Å². The van der Waals surface area contributed by atoms with E-state index in [0.29, 0.717) is 24.1 Å². The number of nitrogens with zero attached hydrogens (tertiary/aromatic N) is 2. The Balaban J connectivity index is 2.22. The number of aliphatic imine (C=N–C) groups is 1. The van der Waals surface area contributed by atoms with E-state index in [9.17, 15) is 8.78 Å². The van der Waals surface area contributed by atoms with E-state index in [4.69, 9.17) is 0 Å². The fourth-order valence-electron chi connectivity index (χ4n) is 3.49. The highest BCUT2D eigenvalue weighted by molar-refractivity contribution is 5.36. The molecule has 1 N–H and O–H groups in total. The maximum atomic E-state index is 13.3. The van der Waals surface area contributed by atoms with Gasteiger partial charge in [0, 0.05) is 36.1 Å². The third-order valence-corrected chi connectivity index (χ3v) is 4.64. The molecule has 2 fully saturated rings. The van der Waals surface area contributed by atoms with Crippen molar-refractivity contribution in [2.24, 2.45) is 10.9 Å². The molecule has 0 aromatic heterocycles. The second-order valence-electron chi connectivity index (χ2n) is 5.80. The molecule has 0 saturated carbocycles. The molecule has 0 radical (unpaired) electrons. The van der Waals surface area contributed by atoms with Gasteiger partial charge in [-0.25, -0.2) is 8.78 Å². The summed E-state index contributed by atoms with van der Waals surface area (Å²) >= 11 is 0. The smallest absolute Gasteiger partial charge is 0.265 e. The van der Waals surface area contributed by atoms with Crippen LogP contribution in [0.25, 0.3) is 0 Å². The van der Waals surface area contributed by atoms with Gasteiger partial charge in [0.15, 0.2) is 0 Å².